The fourth-order valence-electron chi connectivity index (χ4n) is 1.34. The third kappa shape index (κ3) is 2.54. The molecule has 6 heteroatoms. The fraction of sp³-hybridized carbons (Fsp3) is 0.273. The van der Waals surface area contributed by atoms with Crippen molar-refractivity contribution in [3.8, 4) is 11.5 Å². The van der Waals surface area contributed by atoms with Gasteiger partial charge in [0.25, 0.3) is 0 Å². The fourth-order valence-corrected chi connectivity index (χ4v) is 1.34. The number of rotatable bonds is 4. The van der Waals surface area contributed by atoms with Crippen molar-refractivity contribution in [1.29, 1.82) is 0 Å². The normalized spacial score (nSPS) is 11.7. The molecular weight excluding hydrogens is 228 g/mol. The molecule has 0 aliphatic rings. The van der Waals surface area contributed by atoms with Gasteiger partial charge in [-0.3, -0.25) is 4.79 Å². The lowest BCUT2D eigenvalue weighted by Crippen LogP contribution is -2.15. The first-order valence-electron chi connectivity index (χ1n) is 4.67. The standard InChI is InChI=1S/C11H12O6/c1-16-9-3-6(5-12)7(4-8(9)13)10(14)11(15)17-2/h3-5,10,13-14H,1-2H3. The van der Waals surface area contributed by atoms with Gasteiger partial charge in [-0.25, -0.2) is 4.79 Å². The Hall–Kier alpha value is -2.08. The van der Waals surface area contributed by atoms with Gasteiger partial charge in [0.2, 0.25) is 0 Å². The highest BCUT2D eigenvalue weighted by atomic mass is 16.5. The molecule has 0 fully saturated rings. The highest BCUT2D eigenvalue weighted by Crippen LogP contribution is 2.31. The van der Waals surface area contributed by atoms with Crippen LogP contribution in [-0.4, -0.2) is 36.7 Å². The summed E-state index contributed by atoms with van der Waals surface area (Å²) in [6.07, 6.45) is -1.18. The van der Waals surface area contributed by atoms with Crippen LogP contribution in [0.5, 0.6) is 11.5 Å². The number of aldehydes is 1. The number of aliphatic hydroxyl groups is 1. The molecule has 0 heterocycles. The number of benzene rings is 1. The molecule has 0 saturated heterocycles. The number of phenols is 1. The average Bonchev–Trinajstić information content (AvgIpc) is 2.36. The maximum Gasteiger partial charge on any atom is 0.339 e. The van der Waals surface area contributed by atoms with Crippen LogP contribution in [0.2, 0.25) is 0 Å². The molecule has 0 amide bonds. The number of carbonyl (C=O) groups excluding carboxylic acids is 2. The first kappa shape index (κ1) is 13.0. The van der Waals surface area contributed by atoms with Gasteiger partial charge in [0.15, 0.2) is 23.9 Å². The second-order valence-electron chi connectivity index (χ2n) is 3.20. The Morgan fingerprint density at radius 3 is 2.53 bits per heavy atom. The Labute approximate surface area is 97.4 Å². The summed E-state index contributed by atoms with van der Waals surface area (Å²) >= 11 is 0. The molecule has 0 aromatic heterocycles. The van der Waals surface area contributed by atoms with Crippen molar-refractivity contribution in [3.05, 3.63) is 23.3 Å². The van der Waals surface area contributed by atoms with E-state index >= 15 is 0 Å². The summed E-state index contributed by atoms with van der Waals surface area (Å²) in [7, 11) is 2.43. The van der Waals surface area contributed by atoms with E-state index in [4.69, 9.17) is 4.74 Å². The predicted molar refractivity (Wildman–Crippen MR) is 57.0 cm³/mol. The van der Waals surface area contributed by atoms with Gasteiger partial charge in [-0.15, -0.1) is 0 Å². The van der Waals surface area contributed by atoms with E-state index in [1.165, 1.54) is 13.2 Å². The van der Waals surface area contributed by atoms with E-state index in [1.807, 2.05) is 0 Å². The van der Waals surface area contributed by atoms with Gasteiger partial charge in [0, 0.05) is 11.1 Å². The first-order valence-corrected chi connectivity index (χ1v) is 4.67. The van der Waals surface area contributed by atoms with E-state index in [2.05, 4.69) is 4.74 Å². The zero-order valence-electron chi connectivity index (χ0n) is 9.34. The summed E-state index contributed by atoms with van der Waals surface area (Å²) in [5.41, 5.74) is 0.00250. The molecule has 1 unspecified atom stereocenters. The average molecular weight is 240 g/mol. The summed E-state index contributed by atoms with van der Waals surface area (Å²) in [4.78, 5) is 22.0. The molecule has 1 aromatic rings. The van der Waals surface area contributed by atoms with Crippen molar-refractivity contribution in [3.63, 3.8) is 0 Å². The summed E-state index contributed by atoms with van der Waals surface area (Å²) in [6, 6.07) is 2.31. The van der Waals surface area contributed by atoms with E-state index < -0.39 is 12.1 Å². The number of aliphatic hydroxyl groups excluding tert-OH is 1. The summed E-state index contributed by atoms with van der Waals surface area (Å²) in [5.74, 6) is -1.12. The number of aromatic hydroxyl groups is 1. The summed E-state index contributed by atoms with van der Waals surface area (Å²) in [6.45, 7) is 0. The van der Waals surface area contributed by atoms with E-state index in [0.29, 0.717) is 6.29 Å². The second kappa shape index (κ2) is 5.31. The molecule has 1 aromatic carbocycles. The number of carbonyl (C=O) groups is 2. The van der Waals surface area contributed by atoms with Gasteiger partial charge in [-0.1, -0.05) is 0 Å². The SMILES string of the molecule is COC(=O)C(O)c1cc(O)c(OC)cc1C=O. The zero-order chi connectivity index (χ0) is 13.0. The van der Waals surface area contributed by atoms with Crippen LogP contribution in [0.3, 0.4) is 0 Å². The van der Waals surface area contributed by atoms with Crippen molar-refractivity contribution in [2.75, 3.05) is 14.2 Å². The van der Waals surface area contributed by atoms with Gasteiger partial charge in [-0.05, 0) is 12.1 Å². The number of phenolic OH excluding ortho intramolecular Hbond substituents is 1. The molecule has 0 aliphatic carbocycles. The van der Waals surface area contributed by atoms with Crippen LogP contribution in [0, 0.1) is 0 Å². The molecule has 0 aliphatic heterocycles. The number of methoxy groups -OCH3 is 2. The van der Waals surface area contributed by atoms with Crippen molar-refractivity contribution in [1.82, 2.24) is 0 Å². The summed E-state index contributed by atoms with van der Waals surface area (Å²) in [5, 5.41) is 19.1. The number of esters is 1. The van der Waals surface area contributed by atoms with E-state index in [0.717, 1.165) is 13.2 Å². The van der Waals surface area contributed by atoms with E-state index in [1.54, 1.807) is 0 Å². The van der Waals surface area contributed by atoms with Crippen LogP contribution in [0.1, 0.15) is 22.0 Å². The maximum atomic E-state index is 11.1. The minimum absolute atomic E-state index is 0.0369. The molecular formula is C11H12O6. The van der Waals surface area contributed by atoms with Crippen molar-refractivity contribution < 1.29 is 29.3 Å². The minimum Gasteiger partial charge on any atom is -0.504 e. The van der Waals surface area contributed by atoms with Gasteiger partial charge in [-0.2, -0.15) is 0 Å². The monoisotopic (exact) mass is 240 g/mol. The van der Waals surface area contributed by atoms with Crippen LogP contribution < -0.4 is 4.74 Å². The van der Waals surface area contributed by atoms with Crippen molar-refractivity contribution in [2.24, 2.45) is 0 Å². The highest BCUT2D eigenvalue weighted by molar-refractivity contribution is 5.85. The Morgan fingerprint density at radius 1 is 1.41 bits per heavy atom. The number of hydrogen-bond donors (Lipinski definition) is 2. The van der Waals surface area contributed by atoms with Crippen LogP contribution >= 0.6 is 0 Å². The Morgan fingerprint density at radius 2 is 2.06 bits per heavy atom. The largest absolute Gasteiger partial charge is 0.504 e. The van der Waals surface area contributed by atoms with Crippen molar-refractivity contribution >= 4 is 12.3 Å². The van der Waals surface area contributed by atoms with Gasteiger partial charge in [0.05, 0.1) is 14.2 Å². The minimum atomic E-state index is -1.63. The Balaban J connectivity index is 3.28. The van der Waals surface area contributed by atoms with Gasteiger partial charge >= 0.3 is 5.97 Å². The lowest BCUT2D eigenvalue weighted by molar-refractivity contribution is -0.150. The quantitative estimate of drug-likeness (QED) is 0.585. The first-order chi connectivity index (χ1) is 8.04. The number of hydrogen-bond acceptors (Lipinski definition) is 6. The molecule has 1 atom stereocenters. The van der Waals surface area contributed by atoms with E-state index in [-0.39, 0.29) is 22.6 Å². The van der Waals surface area contributed by atoms with Gasteiger partial charge < -0.3 is 19.7 Å². The summed E-state index contributed by atoms with van der Waals surface area (Å²) < 4.78 is 9.15. The third-order valence-electron chi connectivity index (χ3n) is 2.23. The smallest absolute Gasteiger partial charge is 0.339 e. The molecule has 0 saturated carbocycles. The second-order valence-corrected chi connectivity index (χ2v) is 3.20. The topological polar surface area (TPSA) is 93.1 Å². The van der Waals surface area contributed by atoms with Gasteiger partial charge in [0.1, 0.15) is 0 Å². The van der Waals surface area contributed by atoms with Crippen molar-refractivity contribution in [2.45, 2.75) is 6.10 Å². The molecule has 17 heavy (non-hydrogen) atoms. The highest BCUT2D eigenvalue weighted by Gasteiger charge is 2.23. The number of ether oxygens (including phenoxy) is 2. The molecule has 1 rings (SSSR count). The molecule has 92 valence electrons. The van der Waals surface area contributed by atoms with Crippen LogP contribution in [-0.2, 0) is 9.53 Å². The zero-order valence-corrected chi connectivity index (χ0v) is 9.34. The van der Waals surface area contributed by atoms with Crippen LogP contribution in [0.4, 0.5) is 0 Å². The van der Waals surface area contributed by atoms with Crippen LogP contribution in [0.15, 0.2) is 12.1 Å². The predicted octanol–water partition coefficient (Wildman–Crippen LogP) is 0.420. The Bertz CT molecular complexity index is 440. The maximum absolute atomic E-state index is 11.1. The molecule has 6 nitrogen and oxygen atoms in total. The van der Waals surface area contributed by atoms with E-state index in [9.17, 15) is 19.8 Å². The third-order valence-corrected chi connectivity index (χ3v) is 2.23. The molecule has 0 bridgehead atoms. The lowest BCUT2D eigenvalue weighted by Gasteiger charge is -2.13. The van der Waals surface area contributed by atoms with Crippen LogP contribution in [0.25, 0.3) is 0 Å². The molecule has 0 radical (unpaired) electrons. The lowest BCUT2D eigenvalue weighted by atomic mass is 10.0. The molecule has 0 spiro atoms. The Kier molecular flexibility index (Phi) is 4.06. The molecule has 2 N–H and O–H groups in total.